The molecule has 1 aliphatic heterocycles. The minimum absolute atomic E-state index is 0.346. The zero-order valence-electron chi connectivity index (χ0n) is 11.2. The molecule has 3 nitrogen and oxygen atoms in total. The summed E-state index contributed by atoms with van der Waals surface area (Å²) in [6.45, 7) is 3.09. The van der Waals surface area contributed by atoms with Crippen molar-refractivity contribution in [2.45, 2.75) is 37.4 Å². The molecule has 0 spiro atoms. The molecule has 0 radical (unpaired) electrons. The summed E-state index contributed by atoms with van der Waals surface area (Å²) in [5.74, 6) is -5.41. The summed E-state index contributed by atoms with van der Waals surface area (Å²) in [5, 5.41) is 2.53. The van der Waals surface area contributed by atoms with Gasteiger partial charge in [-0.3, -0.25) is 4.79 Å². The molecule has 0 saturated heterocycles. The first-order valence-electron chi connectivity index (χ1n) is 6.05. The van der Waals surface area contributed by atoms with Crippen molar-refractivity contribution >= 4 is 11.6 Å². The van der Waals surface area contributed by atoms with Gasteiger partial charge in [0, 0.05) is 5.69 Å². The molecular weight excluding hydrogens is 295 g/mol. The number of rotatable bonds is 2. The maximum atomic E-state index is 13.3. The van der Waals surface area contributed by atoms with Crippen LogP contribution in [-0.2, 0) is 10.2 Å². The standard InChI is InChI=1S/C13H13F5N2O/c1-11(2)7-5-6(3-4-8(7)20-10(11)21)9(19)12(14,15)13(16,17)18/h3-5,9H,19H2,1-2H3,(H,20,21). The smallest absolute Gasteiger partial charge is 0.325 e. The second-order valence-electron chi connectivity index (χ2n) is 5.48. The molecular formula is C13H13F5N2O. The van der Waals surface area contributed by atoms with Gasteiger partial charge < -0.3 is 11.1 Å². The summed E-state index contributed by atoms with van der Waals surface area (Å²) < 4.78 is 63.7. The van der Waals surface area contributed by atoms with E-state index in [0.29, 0.717) is 11.3 Å². The average molecular weight is 308 g/mol. The molecule has 0 fully saturated rings. The number of nitrogens with one attached hydrogen (secondary N) is 1. The molecule has 1 aromatic carbocycles. The maximum absolute atomic E-state index is 13.3. The molecule has 0 saturated carbocycles. The normalized spacial score (nSPS) is 19.1. The van der Waals surface area contributed by atoms with Gasteiger partial charge in [0.1, 0.15) is 6.04 Å². The van der Waals surface area contributed by atoms with Crippen LogP contribution in [0.2, 0.25) is 0 Å². The van der Waals surface area contributed by atoms with E-state index in [4.69, 9.17) is 5.73 Å². The van der Waals surface area contributed by atoms with Gasteiger partial charge in [-0.1, -0.05) is 12.1 Å². The Kier molecular flexibility index (Phi) is 3.28. The number of carbonyl (C=O) groups excluding carboxylic acids is 1. The number of hydrogen-bond donors (Lipinski definition) is 2. The van der Waals surface area contributed by atoms with Crippen molar-refractivity contribution < 1.29 is 26.7 Å². The quantitative estimate of drug-likeness (QED) is 0.825. The fourth-order valence-corrected chi connectivity index (χ4v) is 2.17. The molecule has 1 atom stereocenters. The van der Waals surface area contributed by atoms with Gasteiger partial charge in [0.25, 0.3) is 0 Å². The molecule has 21 heavy (non-hydrogen) atoms. The first-order valence-corrected chi connectivity index (χ1v) is 6.05. The summed E-state index contributed by atoms with van der Waals surface area (Å²) in [4.78, 5) is 11.7. The van der Waals surface area contributed by atoms with Crippen LogP contribution >= 0.6 is 0 Å². The number of fused-ring (bicyclic) bond motifs is 1. The number of carbonyl (C=O) groups is 1. The molecule has 0 bridgehead atoms. The van der Waals surface area contributed by atoms with Crippen molar-refractivity contribution in [2.75, 3.05) is 5.32 Å². The lowest BCUT2D eigenvalue weighted by Gasteiger charge is -2.26. The van der Waals surface area contributed by atoms with Gasteiger partial charge in [-0.2, -0.15) is 22.0 Å². The Balaban J connectivity index is 2.46. The molecule has 1 amide bonds. The maximum Gasteiger partial charge on any atom is 0.455 e. The number of benzene rings is 1. The van der Waals surface area contributed by atoms with E-state index in [1.807, 2.05) is 0 Å². The number of amides is 1. The first kappa shape index (κ1) is 15.7. The highest BCUT2D eigenvalue weighted by Crippen LogP contribution is 2.45. The van der Waals surface area contributed by atoms with Crippen molar-refractivity contribution in [3.8, 4) is 0 Å². The molecule has 0 aromatic heterocycles. The fraction of sp³-hybridized carbons (Fsp3) is 0.462. The van der Waals surface area contributed by atoms with Crippen LogP contribution < -0.4 is 11.1 Å². The van der Waals surface area contributed by atoms with Crippen LogP contribution in [-0.4, -0.2) is 18.0 Å². The van der Waals surface area contributed by atoms with Gasteiger partial charge in [0.2, 0.25) is 5.91 Å². The minimum Gasteiger partial charge on any atom is -0.325 e. The highest BCUT2D eigenvalue weighted by molar-refractivity contribution is 6.05. The molecule has 1 heterocycles. The Morgan fingerprint density at radius 3 is 2.29 bits per heavy atom. The van der Waals surface area contributed by atoms with Crippen LogP contribution in [0.5, 0.6) is 0 Å². The fourth-order valence-electron chi connectivity index (χ4n) is 2.17. The van der Waals surface area contributed by atoms with Gasteiger partial charge >= 0.3 is 12.1 Å². The molecule has 1 unspecified atom stereocenters. The Morgan fingerprint density at radius 1 is 1.19 bits per heavy atom. The molecule has 116 valence electrons. The van der Waals surface area contributed by atoms with E-state index in [2.05, 4.69) is 5.32 Å². The van der Waals surface area contributed by atoms with E-state index in [-0.39, 0.29) is 11.5 Å². The summed E-state index contributed by atoms with van der Waals surface area (Å²) in [5.41, 5.74) is 4.44. The van der Waals surface area contributed by atoms with Crippen LogP contribution in [0.4, 0.5) is 27.6 Å². The lowest BCUT2D eigenvalue weighted by Crippen LogP contribution is -2.45. The van der Waals surface area contributed by atoms with Crippen LogP contribution in [0.1, 0.15) is 31.0 Å². The van der Waals surface area contributed by atoms with Crippen LogP contribution in [0, 0.1) is 0 Å². The molecule has 1 aliphatic rings. The van der Waals surface area contributed by atoms with E-state index in [1.165, 1.54) is 6.07 Å². The minimum atomic E-state index is -5.74. The number of alkyl halides is 5. The Hall–Kier alpha value is -1.70. The van der Waals surface area contributed by atoms with E-state index in [9.17, 15) is 26.7 Å². The predicted octanol–water partition coefficient (Wildman–Crippen LogP) is 3.11. The third-order valence-corrected chi connectivity index (χ3v) is 3.66. The van der Waals surface area contributed by atoms with Gasteiger partial charge in [-0.05, 0) is 31.0 Å². The lowest BCUT2D eigenvalue weighted by molar-refractivity contribution is -0.291. The number of halogens is 5. The van der Waals surface area contributed by atoms with Gasteiger partial charge in [-0.15, -0.1) is 0 Å². The van der Waals surface area contributed by atoms with E-state index in [0.717, 1.165) is 12.1 Å². The predicted molar refractivity (Wildman–Crippen MR) is 66.0 cm³/mol. The zero-order valence-corrected chi connectivity index (χ0v) is 11.2. The monoisotopic (exact) mass is 308 g/mol. The average Bonchev–Trinajstić information content (AvgIpc) is 2.58. The first-order chi connectivity index (χ1) is 9.39. The van der Waals surface area contributed by atoms with Crippen molar-refractivity contribution in [3.63, 3.8) is 0 Å². The van der Waals surface area contributed by atoms with E-state index >= 15 is 0 Å². The lowest BCUT2D eigenvalue weighted by atomic mass is 9.84. The van der Waals surface area contributed by atoms with Crippen molar-refractivity contribution in [1.29, 1.82) is 0 Å². The van der Waals surface area contributed by atoms with E-state index in [1.54, 1.807) is 13.8 Å². The number of nitrogens with two attached hydrogens (primary N) is 1. The highest BCUT2D eigenvalue weighted by Gasteiger charge is 2.61. The molecule has 8 heteroatoms. The Morgan fingerprint density at radius 2 is 1.76 bits per heavy atom. The molecule has 0 aliphatic carbocycles. The largest absolute Gasteiger partial charge is 0.455 e. The SMILES string of the molecule is CC1(C)C(=O)Nc2ccc(C(N)C(F)(F)C(F)(F)F)cc21. The topological polar surface area (TPSA) is 55.1 Å². The second kappa shape index (κ2) is 4.40. The third-order valence-electron chi connectivity index (χ3n) is 3.66. The number of hydrogen-bond acceptors (Lipinski definition) is 2. The molecule has 2 rings (SSSR count). The summed E-state index contributed by atoms with van der Waals surface area (Å²) >= 11 is 0. The Labute approximate surface area is 117 Å². The van der Waals surface area contributed by atoms with Gasteiger partial charge in [-0.25, -0.2) is 0 Å². The Bertz CT molecular complexity index is 595. The van der Waals surface area contributed by atoms with Crippen molar-refractivity contribution in [2.24, 2.45) is 5.73 Å². The molecule has 3 N–H and O–H groups in total. The van der Waals surface area contributed by atoms with Crippen LogP contribution in [0.25, 0.3) is 0 Å². The second-order valence-corrected chi connectivity index (χ2v) is 5.48. The van der Waals surface area contributed by atoms with Crippen molar-refractivity contribution in [3.05, 3.63) is 29.3 Å². The van der Waals surface area contributed by atoms with Crippen LogP contribution in [0.3, 0.4) is 0 Å². The third kappa shape index (κ3) is 2.27. The molecule has 1 aromatic rings. The highest BCUT2D eigenvalue weighted by atomic mass is 19.4. The van der Waals surface area contributed by atoms with Gasteiger partial charge in [0.05, 0.1) is 5.41 Å². The summed E-state index contributed by atoms with van der Waals surface area (Å²) in [6.07, 6.45) is -5.74. The summed E-state index contributed by atoms with van der Waals surface area (Å²) in [6, 6.07) is 0.931. The van der Waals surface area contributed by atoms with Crippen LogP contribution in [0.15, 0.2) is 18.2 Å². The van der Waals surface area contributed by atoms with Gasteiger partial charge in [0.15, 0.2) is 0 Å². The summed E-state index contributed by atoms with van der Waals surface area (Å²) in [7, 11) is 0. The number of anilines is 1. The van der Waals surface area contributed by atoms with E-state index < -0.39 is 23.6 Å². The van der Waals surface area contributed by atoms with Crippen molar-refractivity contribution in [1.82, 2.24) is 0 Å². The zero-order chi connectivity index (χ0) is 16.2.